The number of hydrogen-bond acceptors (Lipinski definition) is 3. The molecule has 1 aromatic carbocycles. The molecule has 1 aliphatic heterocycles. The van der Waals surface area contributed by atoms with Crippen LogP contribution in [0.4, 0.5) is 5.69 Å². The summed E-state index contributed by atoms with van der Waals surface area (Å²) in [4.78, 5) is 14.5. The van der Waals surface area contributed by atoms with Crippen LogP contribution >= 0.6 is 0 Å². The lowest BCUT2D eigenvalue weighted by molar-refractivity contribution is -0.116. The molecular weight excluding hydrogens is 262 g/mol. The minimum absolute atomic E-state index is 0.0871. The van der Waals surface area contributed by atoms with Crippen molar-refractivity contribution in [2.24, 2.45) is 11.7 Å². The molecule has 0 spiro atoms. The highest BCUT2D eigenvalue weighted by atomic mass is 16.1. The number of nitrogens with one attached hydrogen (secondary N) is 1. The van der Waals surface area contributed by atoms with Crippen LogP contribution < -0.4 is 11.1 Å². The second-order valence-corrected chi connectivity index (χ2v) is 6.24. The van der Waals surface area contributed by atoms with Gasteiger partial charge in [-0.2, -0.15) is 0 Å². The molecule has 3 N–H and O–H groups in total. The molecule has 1 heterocycles. The number of anilines is 1. The Hall–Kier alpha value is -1.39. The third-order valence-corrected chi connectivity index (χ3v) is 4.21. The Kier molecular flexibility index (Phi) is 5.76. The van der Waals surface area contributed by atoms with Crippen LogP contribution in [0.25, 0.3) is 0 Å². The summed E-state index contributed by atoms with van der Waals surface area (Å²) < 4.78 is 0. The fourth-order valence-corrected chi connectivity index (χ4v) is 3.14. The highest BCUT2D eigenvalue weighted by molar-refractivity contribution is 5.90. The van der Waals surface area contributed by atoms with E-state index < -0.39 is 0 Å². The minimum atomic E-state index is 0.0871. The second-order valence-electron chi connectivity index (χ2n) is 6.24. The van der Waals surface area contributed by atoms with E-state index in [0.29, 0.717) is 19.0 Å². The summed E-state index contributed by atoms with van der Waals surface area (Å²) in [5.41, 5.74) is 7.48. The summed E-state index contributed by atoms with van der Waals surface area (Å²) >= 11 is 0. The molecule has 0 aromatic heterocycles. The molecule has 0 aliphatic carbocycles. The maximum absolute atomic E-state index is 12.0. The summed E-state index contributed by atoms with van der Waals surface area (Å²) in [6.07, 6.45) is 2.77. The largest absolute Gasteiger partial charge is 0.326 e. The number of amides is 1. The molecule has 1 aromatic rings. The van der Waals surface area contributed by atoms with Crippen LogP contribution in [0, 0.1) is 5.92 Å². The van der Waals surface area contributed by atoms with Crippen molar-refractivity contribution in [1.29, 1.82) is 0 Å². The van der Waals surface area contributed by atoms with Gasteiger partial charge in [0.15, 0.2) is 0 Å². The fourth-order valence-electron chi connectivity index (χ4n) is 3.14. The molecule has 1 fully saturated rings. The van der Waals surface area contributed by atoms with Crippen molar-refractivity contribution in [1.82, 2.24) is 4.90 Å². The summed E-state index contributed by atoms with van der Waals surface area (Å²) in [6, 6.07) is 8.38. The molecule has 2 unspecified atom stereocenters. The fraction of sp³-hybridized carbons (Fsp3) is 0.588. The second kappa shape index (κ2) is 7.57. The number of carbonyl (C=O) groups excluding carboxylic acids is 1. The van der Waals surface area contributed by atoms with E-state index in [-0.39, 0.29) is 5.91 Å². The average molecular weight is 289 g/mol. The Balaban J connectivity index is 1.72. The van der Waals surface area contributed by atoms with Crippen LogP contribution in [-0.4, -0.2) is 29.9 Å². The third-order valence-electron chi connectivity index (χ3n) is 4.21. The predicted octanol–water partition coefficient (Wildman–Crippen LogP) is 2.59. The Bertz CT molecular complexity index is 475. The van der Waals surface area contributed by atoms with Gasteiger partial charge in [0, 0.05) is 31.2 Å². The Morgan fingerprint density at radius 2 is 2.24 bits per heavy atom. The van der Waals surface area contributed by atoms with Gasteiger partial charge in [-0.25, -0.2) is 0 Å². The van der Waals surface area contributed by atoms with E-state index in [4.69, 9.17) is 5.73 Å². The van der Waals surface area contributed by atoms with Gasteiger partial charge in [0.2, 0.25) is 5.91 Å². The number of likely N-dealkylation sites (tertiary alicyclic amines) is 1. The highest BCUT2D eigenvalue weighted by Gasteiger charge is 2.25. The van der Waals surface area contributed by atoms with Crippen molar-refractivity contribution < 1.29 is 4.79 Å². The van der Waals surface area contributed by atoms with Gasteiger partial charge < -0.3 is 16.0 Å². The Morgan fingerprint density at radius 3 is 2.90 bits per heavy atom. The van der Waals surface area contributed by atoms with Gasteiger partial charge in [-0.1, -0.05) is 19.1 Å². The van der Waals surface area contributed by atoms with Crippen molar-refractivity contribution in [3.63, 3.8) is 0 Å². The first kappa shape index (κ1) is 16.0. The predicted molar refractivity (Wildman–Crippen MR) is 87.0 cm³/mol. The molecule has 0 saturated carbocycles. The van der Waals surface area contributed by atoms with Crippen molar-refractivity contribution >= 4 is 11.6 Å². The van der Waals surface area contributed by atoms with E-state index in [1.165, 1.54) is 13.0 Å². The quantitative estimate of drug-likeness (QED) is 0.846. The monoisotopic (exact) mass is 289 g/mol. The molecule has 2 rings (SSSR count). The summed E-state index contributed by atoms with van der Waals surface area (Å²) in [5.74, 6) is 0.872. The Morgan fingerprint density at radius 1 is 1.43 bits per heavy atom. The molecule has 4 nitrogen and oxygen atoms in total. The summed E-state index contributed by atoms with van der Waals surface area (Å²) in [6.45, 7) is 7.26. The van der Waals surface area contributed by atoms with Crippen LogP contribution in [-0.2, 0) is 11.3 Å². The number of hydrogen-bond donors (Lipinski definition) is 2. The molecule has 2 atom stereocenters. The smallest absolute Gasteiger partial charge is 0.224 e. The molecule has 0 bridgehead atoms. The SMILES string of the molecule is CC1CC(C)N(CCCC(=O)Nc2cccc(CN)c2)C1. The van der Waals surface area contributed by atoms with E-state index in [0.717, 1.165) is 30.1 Å². The van der Waals surface area contributed by atoms with Gasteiger partial charge in [0.25, 0.3) is 0 Å². The molecule has 4 heteroatoms. The van der Waals surface area contributed by atoms with Crippen LogP contribution in [0.2, 0.25) is 0 Å². The molecular formula is C17H27N3O. The third kappa shape index (κ3) is 4.83. The van der Waals surface area contributed by atoms with Gasteiger partial charge in [-0.3, -0.25) is 4.79 Å². The zero-order chi connectivity index (χ0) is 15.2. The molecule has 116 valence electrons. The van der Waals surface area contributed by atoms with E-state index in [9.17, 15) is 4.79 Å². The molecule has 1 aliphatic rings. The number of rotatable bonds is 6. The lowest BCUT2D eigenvalue weighted by Crippen LogP contribution is -2.29. The standard InChI is InChI=1S/C17H27N3O/c1-13-9-14(2)20(12-13)8-4-7-17(21)19-16-6-3-5-15(10-16)11-18/h3,5-6,10,13-14H,4,7-9,11-12,18H2,1-2H3,(H,19,21). The first-order valence-corrected chi connectivity index (χ1v) is 7.91. The van der Waals surface area contributed by atoms with Crippen LogP contribution in [0.3, 0.4) is 0 Å². The first-order valence-electron chi connectivity index (χ1n) is 7.91. The maximum Gasteiger partial charge on any atom is 0.224 e. The van der Waals surface area contributed by atoms with E-state index >= 15 is 0 Å². The lowest BCUT2D eigenvalue weighted by atomic mass is 10.1. The maximum atomic E-state index is 12.0. The molecule has 0 radical (unpaired) electrons. The number of carbonyl (C=O) groups is 1. The highest BCUT2D eigenvalue weighted by Crippen LogP contribution is 2.22. The molecule has 21 heavy (non-hydrogen) atoms. The van der Waals surface area contributed by atoms with Crippen LogP contribution in [0.1, 0.15) is 38.7 Å². The van der Waals surface area contributed by atoms with Gasteiger partial charge in [0.1, 0.15) is 0 Å². The van der Waals surface area contributed by atoms with Crippen LogP contribution in [0.5, 0.6) is 0 Å². The number of nitrogens with zero attached hydrogens (tertiary/aromatic N) is 1. The number of nitrogens with two attached hydrogens (primary N) is 1. The van der Waals surface area contributed by atoms with Gasteiger partial charge in [-0.05, 0) is 49.9 Å². The van der Waals surface area contributed by atoms with Crippen molar-refractivity contribution in [2.75, 3.05) is 18.4 Å². The van der Waals surface area contributed by atoms with Gasteiger partial charge in [-0.15, -0.1) is 0 Å². The van der Waals surface area contributed by atoms with Crippen molar-refractivity contribution in [3.8, 4) is 0 Å². The van der Waals surface area contributed by atoms with E-state index in [2.05, 4.69) is 24.1 Å². The summed E-state index contributed by atoms with van der Waals surface area (Å²) in [7, 11) is 0. The van der Waals surface area contributed by atoms with Gasteiger partial charge in [0.05, 0.1) is 0 Å². The molecule has 1 saturated heterocycles. The van der Waals surface area contributed by atoms with Crippen molar-refractivity contribution in [3.05, 3.63) is 29.8 Å². The topological polar surface area (TPSA) is 58.4 Å². The first-order chi connectivity index (χ1) is 10.1. The number of benzene rings is 1. The van der Waals surface area contributed by atoms with Crippen LogP contribution in [0.15, 0.2) is 24.3 Å². The lowest BCUT2D eigenvalue weighted by Gasteiger charge is -2.20. The average Bonchev–Trinajstić information content (AvgIpc) is 2.77. The Labute approximate surface area is 127 Å². The minimum Gasteiger partial charge on any atom is -0.326 e. The van der Waals surface area contributed by atoms with E-state index in [1.807, 2.05) is 24.3 Å². The summed E-state index contributed by atoms with van der Waals surface area (Å²) in [5, 5.41) is 2.95. The zero-order valence-electron chi connectivity index (χ0n) is 13.1. The van der Waals surface area contributed by atoms with E-state index in [1.54, 1.807) is 0 Å². The van der Waals surface area contributed by atoms with Gasteiger partial charge >= 0.3 is 0 Å². The molecule has 1 amide bonds. The van der Waals surface area contributed by atoms with Crippen molar-refractivity contribution in [2.45, 2.75) is 45.7 Å². The normalized spacial score (nSPS) is 22.4. The zero-order valence-corrected chi connectivity index (χ0v) is 13.1.